The summed E-state index contributed by atoms with van der Waals surface area (Å²) in [5, 5.41) is 0. The van der Waals surface area contributed by atoms with Gasteiger partial charge < -0.3 is 4.43 Å². The lowest BCUT2D eigenvalue weighted by Gasteiger charge is -2.32. The highest BCUT2D eigenvalue weighted by atomic mass is 28.2. The third kappa shape index (κ3) is 16.9. The fourth-order valence-corrected chi connectivity index (χ4v) is 5.01. The van der Waals surface area contributed by atoms with Crippen molar-refractivity contribution in [2.45, 2.75) is 163 Å². The van der Waals surface area contributed by atoms with Gasteiger partial charge in [0.05, 0.1) is 5.41 Å². The molecular weight excluding hydrogens is 396 g/mol. The number of unbranched alkanes of at least 4 members (excludes halogenated alkanes) is 17. The largest absolute Gasteiger partial charge is 0.516 e. The van der Waals surface area contributed by atoms with Crippen molar-refractivity contribution in [3.63, 3.8) is 0 Å². The summed E-state index contributed by atoms with van der Waals surface area (Å²) in [5.41, 5.74) is -0.400. The fourth-order valence-electron chi connectivity index (χ4n) is 4.74. The van der Waals surface area contributed by atoms with Gasteiger partial charge in [-0.3, -0.25) is 4.79 Å². The molecule has 2 nitrogen and oxygen atoms in total. The van der Waals surface area contributed by atoms with E-state index in [1.165, 1.54) is 122 Å². The first kappa shape index (κ1) is 30.7. The summed E-state index contributed by atoms with van der Waals surface area (Å²) >= 11 is 0. The predicted octanol–water partition coefficient (Wildman–Crippen LogP) is 9.49. The topological polar surface area (TPSA) is 26.3 Å². The van der Waals surface area contributed by atoms with Crippen molar-refractivity contribution in [1.29, 1.82) is 0 Å². The monoisotopic (exact) mass is 451 g/mol. The smallest absolute Gasteiger partial charge is 0.345 e. The van der Waals surface area contributed by atoms with Gasteiger partial charge in [0, 0.05) is 0 Å². The van der Waals surface area contributed by atoms with E-state index >= 15 is 0 Å². The highest BCUT2D eigenvalue weighted by Gasteiger charge is 2.36. The van der Waals surface area contributed by atoms with Crippen LogP contribution < -0.4 is 0 Å². The molecule has 0 rings (SSSR count). The first-order valence-electron chi connectivity index (χ1n) is 13.9. The average Bonchev–Trinajstić information content (AvgIpc) is 2.76. The van der Waals surface area contributed by atoms with E-state index in [0.717, 1.165) is 12.8 Å². The second-order valence-electron chi connectivity index (χ2n) is 10.4. The maximum atomic E-state index is 12.3. The molecule has 1 atom stereocenters. The van der Waals surface area contributed by atoms with Crippen LogP contribution >= 0.6 is 0 Å². The molecule has 0 heterocycles. The molecule has 0 saturated heterocycles. The summed E-state index contributed by atoms with van der Waals surface area (Å²) in [7, 11) is 2.97. The van der Waals surface area contributed by atoms with Crippen LogP contribution in [0.5, 0.6) is 0 Å². The van der Waals surface area contributed by atoms with Crippen LogP contribution in [-0.2, 0) is 9.22 Å². The Labute approximate surface area is 199 Å². The van der Waals surface area contributed by atoms with Gasteiger partial charge in [-0.1, -0.05) is 136 Å². The van der Waals surface area contributed by atoms with Gasteiger partial charge in [0.2, 0.25) is 0 Å². The molecule has 0 N–H and O–H groups in total. The van der Waals surface area contributed by atoms with Crippen LogP contribution in [0.15, 0.2) is 0 Å². The third-order valence-corrected chi connectivity index (χ3v) is 7.39. The van der Waals surface area contributed by atoms with Gasteiger partial charge in [0.1, 0.15) is 0 Å². The first-order valence-corrected chi connectivity index (χ1v) is 14.3. The van der Waals surface area contributed by atoms with Gasteiger partial charge in [-0.15, -0.1) is 0 Å². The lowest BCUT2D eigenvalue weighted by atomic mass is 9.73. The van der Waals surface area contributed by atoms with E-state index in [-0.39, 0.29) is 5.97 Å². The van der Waals surface area contributed by atoms with Crippen LogP contribution in [0, 0.1) is 11.3 Å². The van der Waals surface area contributed by atoms with E-state index in [0.29, 0.717) is 5.92 Å². The minimum atomic E-state index is -0.400. The Kier molecular flexibility index (Phi) is 21.3. The molecule has 0 aromatic heterocycles. The molecule has 0 spiro atoms. The summed E-state index contributed by atoms with van der Waals surface area (Å²) < 4.78 is 4.94. The van der Waals surface area contributed by atoms with Gasteiger partial charge in [-0.2, -0.15) is 0 Å². The predicted molar refractivity (Wildman–Crippen MR) is 137 cm³/mol. The maximum Gasteiger partial charge on any atom is 0.345 e. The molecule has 0 aliphatic carbocycles. The van der Waals surface area contributed by atoms with E-state index in [9.17, 15) is 4.79 Å². The van der Waals surface area contributed by atoms with Crippen molar-refractivity contribution in [3.8, 4) is 0 Å². The van der Waals surface area contributed by atoms with Crippen molar-refractivity contribution in [2.75, 3.05) is 0 Å². The molecular formula is C28H55O2Si. The quantitative estimate of drug-likeness (QED) is 0.114. The summed E-state index contributed by atoms with van der Waals surface area (Å²) in [6.45, 7) is 8.69. The Hall–Kier alpha value is -0.313. The Bertz CT molecular complexity index is 394. The van der Waals surface area contributed by atoms with Crippen LogP contribution in [0.4, 0.5) is 0 Å². The molecule has 31 heavy (non-hydrogen) atoms. The second-order valence-corrected chi connectivity index (χ2v) is 10.6. The molecule has 0 aromatic carbocycles. The van der Waals surface area contributed by atoms with Crippen LogP contribution in [0.1, 0.15) is 163 Å². The van der Waals surface area contributed by atoms with Crippen LogP contribution in [0.3, 0.4) is 0 Å². The summed E-state index contributed by atoms with van der Waals surface area (Å²) in [4.78, 5) is 12.3. The van der Waals surface area contributed by atoms with Gasteiger partial charge in [-0.05, 0) is 32.6 Å². The molecule has 0 saturated carbocycles. The summed E-state index contributed by atoms with van der Waals surface area (Å²) in [6.07, 6.45) is 28.2. The second kappa shape index (κ2) is 21.5. The summed E-state index contributed by atoms with van der Waals surface area (Å²) in [5.74, 6) is 0.310. The molecule has 3 radical (unpaired) electrons. The Morgan fingerprint density at radius 1 is 0.613 bits per heavy atom. The number of hydrogen-bond acceptors (Lipinski definition) is 2. The first-order chi connectivity index (χ1) is 15.0. The van der Waals surface area contributed by atoms with Crippen molar-refractivity contribution < 1.29 is 9.22 Å². The Morgan fingerprint density at radius 3 is 1.19 bits per heavy atom. The minimum absolute atomic E-state index is 0.116. The number of hydrogen-bond donors (Lipinski definition) is 0. The molecule has 183 valence electrons. The van der Waals surface area contributed by atoms with Crippen molar-refractivity contribution in [1.82, 2.24) is 0 Å². The molecule has 0 bridgehead atoms. The standard InChI is InChI=1S/C28H55O2Si/c1-5-7-9-11-13-14-15-16-17-18-19-21-23-25-26(28(3,4)27(29)30-31)24-22-20-12-10-8-6-2/h26H,5-25H2,1-4H3. The minimum Gasteiger partial charge on any atom is -0.516 e. The van der Waals surface area contributed by atoms with E-state index in [2.05, 4.69) is 38.2 Å². The zero-order valence-electron chi connectivity index (χ0n) is 21.7. The highest BCUT2D eigenvalue weighted by Crippen LogP contribution is 2.36. The Morgan fingerprint density at radius 2 is 0.903 bits per heavy atom. The van der Waals surface area contributed by atoms with Crippen molar-refractivity contribution in [2.24, 2.45) is 11.3 Å². The number of rotatable bonds is 23. The van der Waals surface area contributed by atoms with Gasteiger partial charge in [0.25, 0.3) is 5.97 Å². The normalized spacial score (nSPS) is 12.8. The molecule has 0 aliphatic rings. The van der Waals surface area contributed by atoms with E-state index in [1.54, 1.807) is 0 Å². The van der Waals surface area contributed by atoms with Crippen molar-refractivity contribution in [3.05, 3.63) is 0 Å². The average molecular weight is 452 g/mol. The molecule has 0 aliphatic heterocycles. The molecule has 1 unspecified atom stereocenters. The third-order valence-electron chi connectivity index (χ3n) is 7.20. The maximum absolute atomic E-state index is 12.3. The van der Waals surface area contributed by atoms with E-state index in [1.807, 2.05) is 0 Å². The van der Waals surface area contributed by atoms with Crippen LogP contribution in [-0.4, -0.2) is 16.5 Å². The van der Waals surface area contributed by atoms with Crippen molar-refractivity contribution >= 4 is 16.5 Å². The van der Waals surface area contributed by atoms with Gasteiger partial charge in [-0.25, -0.2) is 0 Å². The molecule has 0 amide bonds. The summed E-state index contributed by atoms with van der Waals surface area (Å²) in [6, 6.07) is 0. The van der Waals surface area contributed by atoms with Gasteiger partial charge in [0.15, 0.2) is 0 Å². The SMILES string of the molecule is CCCCCCCCCCCCCCCC(CCCCCCCC)C(C)(C)C(=O)O[Si]. The van der Waals surface area contributed by atoms with E-state index < -0.39 is 5.41 Å². The molecule has 3 heteroatoms. The fraction of sp³-hybridized carbons (Fsp3) is 0.964. The van der Waals surface area contributed by atoms with Crippen LogP contribution in [0.25, 0.3) is 0 Å². The number of carbonyl (C=O) groups excluding carboxylic acids is 1. The lowest BCUT2D eigenvalue weighted by Crippen LogP contribution is -2.34. The molecule has 0 fully saturated rings. The highest BCUT2D eigenvalue weighted by molar-refractivity contribution is 6.06. The zero-order chi connectivity index (χ0) is 23.2. The lowest BCUT2D eigenvalue weighted by molar-refractivity contribution is -0.147. The van der Waals surface area contributed by atoms with E-state index in [4.69, 9.17) is 4.43 Å². The number of carbonyl (C=O) groups is 1. The Balaban J connectivity index is 3.94. The molecule has 0 aromatic rings. The van der Waals surface area contributed by atoms with Crippen LogP contribution in [0.2, 0.25) is 0 Å². The zero-order valence-corrected chi connectivity index (χ0v) is 22.7. The van der Waals surface area contributed by atoms with Gasteiger partial charge >= 0.3 is 10.5 Å².